The highest BCUT2D eigenvalue weighted by Crippen LogP contribution is 2.48. The first-order valence-corrected chi connectivity index (χ1v) is 9.83. The maximum atomic E-state index is 13.1. The molecule has 0 aliphatic heterocycles. The van der Waals surface area contributed by atoms with Gasteiger partial charge in [-0.2, -0.15) is 0 Å². The number of rotatable bonds is 5. The molecule has 5 rings (SSSR count). The molecule has 1 fully saturated rings. The van der Waals surface area contributed by atoms with Crippen LogP contribution in [0.25, 0.3) is 10.9 Å². The van der Waals surface area contributed by atoms with Crippen LogP contribution >= 0.6 is 0 Å². The number of benzene rings is 1. The number of aromatic nitrogens is 1. The molecule has 2 N–H and O–H groups in total. The van der Waals surface area contributed by atoms with E-state index in [1.54, 1.807) is 18.5 Å². The van der Waals surface area contributed by atoms with Gasteiger partial charge >= 0.3 is 0 Å². The van der Waals surface area contributed by atoms with Crippen LogP contribution in [-0.2, 0) is 16.1 Å². The van der Waals surface area contributed by atoms with E-state index in [9.17, 15) is 9.59 Å². The van der Waals surface area contributed by atoms with Crippen LogP contribution in [0.5, 0.6) is 0 Å². The van der Waals surface area contributed by atoms with Crippen LogP contribution in [0.15, 0.2) is 71.5 Å². The molecule has 4 unspecified atom stereocenters. The monoisotopic (exact) mass is 387 g/mol. The largest absolute Gasteiger partial charge is 0.467 e. The highest BCUT2D eigenvalue weighted by molar-refractivity contribution is 5.98. The number of hydrogen-bond acceptors (Lipinski definition) is 4. The molecule has 1 saturated carbocycles. The molecule has 2 aliphatic rings. The van der Waals surface area contributed by atoms with Gasteiger partial charge in [-0.05, 0) is 54.7 Å². The maximum Gasteiger partial charge on any atom is 0.228 e. The zero-order valence-corrected chi connectivity index (χ0v) is 15.7. The third-order valence-corrected chi connectivity index (χ3v) is 5.95. The quantitative estimate of drug-likeness (QED) is 0.656. The van der Waals surface area contributed by atoms with E-state index in [1.165, 1.54) is 0 Å². The second kappa shape index (κ2) is 7.20. The number of fused-ring (bicyclic) bond motifs is 3. The van der Waals surface area contributed by atoms with Gasteiger partial charge in [0.1, 0.15) is 5.76 Å². The van der Waals surface area contributed by atoms with E-state index in [4.69, 9.17) is 4.42 Å². The van der Waals surface area contributed by atoms with Crippen molar-refractivity contribution in [1.29, 1.82) is 0 Å². The lowest BCUT2D eigenvalue weighted by atomic mass is 9.81. The molecule has 2 amide bonds. The molecule has 4 atom stereocenters. The maximum absolute atomic E-state index is 13.1. The van der Waals surface area contributed by atoms with Crippen molar-refractivity contribution >= 4 is 28.4 Å². The highest BCUT2D eigenvalue weighted by atomic mass is 16.3. The van der Waals surface area contributed by atoms with E-state index in [0.29, 0.717) is 12.3 Å². The van der Waals surface area contributed by atoms with E-state index in [1.807, 2.05) is 36.4 Å². The summed E-state index contributed by atoms with van der Waals surface area (Å²) in [7, 11) is 0. The molecule has 2 aliphatic carbocycles. The first-order chi connectivity index (χ1) is 14.2. The fourth-order valence-corrected chi connectivity index (χ4v) is 4.62. The van der Waals surface area contributed by atoms with E-state index in [0.717, 1.165) is 23.0 Å². The smallest absolute Gasteiger partial charge is 0.228 e. The number of pyridine rings is 1. The minimum atomic E-state index is -0.369. The van der Waals surface area contributed by atoms with Crippen LogP contribution in [0.3, 0.4) is 0 Å². The first-order valence-electron chi connectivity index (χ1n) is 9.83. The Balaban J connectivity index is 1.32. The Morgan fingerprint density at radius 3 is 2.66 bits per heavy atom. The molecule has 146 valence electrons. The molecule has 0 saturated heterocycles. The van der Waals surface area contributed by atoms with E-state index < -0.39 is 0 Å². The fraction of sp³-hybridized carbons (Fsp3) is 0.261. The van der Waals surface area contributed by atoms with Gasteiger partial charge in [-0.3, -0.25) is 14.6 Å². The lowest BCUT2D eigenvalue weighted by Crippen LogP contribution is -2.41. The predicted molar refractivity (Wildman–Crippen MR) is 109 cm³/mol. The number of furan rings is 1. The Morgan fingerprint density at radius 2 is 1.86 bits per heavy atom. The van der Waals surface area contributed by atoms with Gasteiger partial charge in [-0.1, -0.05) is 18.2 Å². The molecule has 29 heavy (non-hydrogen) atoms. The van der Waals surface area contributed by atoms with Crippen molar-refractivity contribution < 1.29 is 14.0 Å². The Morgan fingerprint density at radius 1 is 1.03 bits per heavy atom. The standard InChI is InChI=1S/C23H21N3O3/c27-22(25-13-18-4-2-10-29-18)20-15-5-6-16(11-15)21(20)23(28)26-17-7-8-19-14(12-17)3-1-9-24-19/h1-10,12,15-16,20-21H,11,13H2,(H,25,27)(H,26,28). The molecule has 2 aromatic heterocycles. The summed E-state index contributed by atoms with van der Waals surface area (Å²) in [5, 5.41) is 6.91. The Bertz CT molecular complexity index is 1090. The SMILES string of the molecule is O=C(NCc1ccco1)C1C2C=CC(C2)C1C(=O)Nc1ccc2ncccc2c1. The van der Waals surface area contributed by atoms with Crippen molar-refractivity contribution in [2.45, 2.75) is 13.0 Å². The zero-order valence-electron chi connectivity index (χ0n) is 15.7. The van der Waals surface area contributed by atoms with Crippen molar-refractivity contribution in [1.82, 2.24) is 10.3 Å². The summed E-state index contributed by atoms with van der Waals surface area (Å²) in [4.78, 5) is 30.3. The van der Waals surface area contributed by atoms with E-state index in [2.05, 4.69) is 27.8 Å². The normalized spacial score (nSPS) is 24.7. The van der Waals surface area contributed by atoms with Crippen LogP contribution < -0.4 is 10.6 Å². The van der Waals surface area contributed by atoms with Gasteiger partial charge in [0, 0.05) is 17.3 Å². The summed E-state index contributed by atoms with van der Waals surface area (Å²) < 4.78 is 5.28. The van der Waals surface area contributed by atoms with Crippen molar-refractivity contribution in [3.8, 4) is 0 Å². The van der Waals surface area contributed by atoms with Gasteiger partial charge in [-0.15, -0.1) is 0 Å². The zero-order chi connectivity index (χ0) is 19.8. The third kappa shape index (κ3) is 3.31. The second-order valence-corrected chi connectivity index (χ2v) is 7.70. The van der Waals surface area contributed by atoms with Gasteiger partial charge in [0.2, 0.25) is 11.8 Å². The fourth-order valence-electron chi connectivity index (χ4n) is 4.62. The van der Waals surface area contributed by atoms with Gasteiger partial charge in [0.15, 0.2) is 0 Å². The summed E-state index contributed by atoms with van der Waals surface area (Å²) in [6.45, 7) is 0.329. The molecule has 3 aromatic rings. The van der Waals surface area contributed by atoms with Gasteiger partial charge < -0.3 is 15.1 Å². The van der Waals surface area contributed by atoms with Crippen molar-refractivity contribution in [2.75, 3.05) is 5.32 Å². The summed E-state index contributed by atoms with van der Waals surface area (Å²) in [6, 6.07) is 13.1. The number of hydrogen-bond donors (Lipinski definition) is 2. The van der Waals surface area contributed by atoms with Crippen molar-refractivity contribution in [3.63, 3.8) is 0 Å². The Labute approximate surface area is 168 Å². The molecule has 0 spiro atoms. The highest BCUT2D eigenvalue weighted by Gasteiger charge is 2.51. The van der Waals surface area contributed by atoms with Gasteiger partial charge in [-0.25, -0.2) is 0 Å². The van der Waals surface area contributed by atoms with E-state index in [-0.39, 0.29) is 35.5 Å². The third-order valence-electron chi connectivity index (χ3n) is 5.95. The number of carbonyl (C=O) groups is 2. The molecular formula is C23H21N3O3. The average molecular weight is 387 g/mol. The number of amides is 2. The van der Waals surface area contributed by atoms with Crippen LogP contribution in [0, 0.1) is 23.7 Å². The Hall–Kier alpha value is -3.41. The minimum absolute atomic E-state index is 0.0962. The van der Waals surface area contributed by atoms with E-state index >= 15 is 0 Å². The Kier molecular flexibility index (Phi) is 4.39. The molecule has 0 radical (unpaired) electrons. The number of nitrogens with zero attached hydrogens (tertiary/aromatic N) is 1. The summed E-state index contributed by atoms with van der Waals surface area (Å²) in [6.07, 6.45) is 8.33. The number of anilines is 1. The lowest BCUT2D eigenvalue weighted by Gasteiger charge is -2.26. The van der Waals surface area contributed by atoms with Gasteiger partial charge in [0.05, 0.1) is 30.2 Å². The van der Waals surface area contributed by atoms with Crippen LogP contribution in [0.1, 0.15) is 12.2 Å². The number of allylic oxidation sites excluding steroid dienone is 2. The molecule has 1 aromatic carbocycles. The predicted octanol–water partition coefficient (Wildman–Crippen LogP) is 3.52. The van der Waals surface area contributed by atoms with Crippen LogP contribution in [-0.4, -0.2) is 16.8 Å². The summed E-state index contributed by atoms with van der Waals surface area (Å²) >= 11 is 0. The molecule has 2 bridgehead atoms. The molecular weight excluding hydrogens is 366 g/mol. The summed E-state index contributed by atoms with van der Waals surface area (Å²) in [5.74, 6) is -0.0323. The second-order valence-electron chi connectivity index (χ2n) is 7.70. The van der Waals surface area contributed by atoms with Crippen LogP contribution in [0.2, 0.25) is 0 Å². The molecule has 6 heteroatoms. The number of nitrogens with one attached hydrogen (secondary N) is 2. The average Bonchev–Trinajstić information content (AvgIpc) is 3.49. The minimum Gasteiger partial charge on any atom is -0.467 e. The first kappa shape index (κ1) is 17.7. The topological polar surface area (TPSA) is 84.2 Å². The molecule has 2 heterocycles. The van der Waals surface area contributed by atoms with Crippen molar-refractivity contribution in [3.05, 3.63) is 72.8 Å². The lowest BCUT2D eigenvalue weighted by molar-refractivity contribution is -0.133. The summed E-state index contributed by atoms with van der Waals surface area (Å²) in [5.41, 5.74) is 1.60. The number of carbonyl (C=O) groups excluding carboxylic acids is 2. The molecule has 6 nitrogen and oxygen atoms in total. The van der Waals surface area contributed by atoms with Crippen LogP contribution in [0.4, 0.5) is 5.69 Å². The van der Waals surface area contributed by atoms with Crippen molar-refractivity contribution in [2.24, 2.45) is 23.7 Å². The van der Waals surface area contributed by atoms with Gasteiger partial charge in [0.25, 0.3) is 0 Å².